The summed E-state index contributed by atoms with van der Waals surface area (Å²) in [6.07, 6.45) is 0. The molecule has 23 heavy (non-hydrogen) atoms. The molecule has 1 heterocycles. The van der Waals surface area contributed by atoms with Crippen molar-refractivity contribution in [1.29, 1.82) is 0 Å². The second-order valence-corrected chi connectivity index (χ2v) is 7.04. The van der Waals surface area contributed by atoms with Crippen LogP contribution in [0.2, 0.25) is 0 Å². The molecule has 2 nitrogen and oxygen atoms in total. The molecule has 0 saturated carbocycles. The van der Waals surface area contributed by atoms with Crippen molar-refractivity contribution in [3.05, 3.63) is 77.3 Å². The van der Waals surface area contributed by atoms with Crippen LogP contribution in [0.5, 0.6) is 0 Å². The molecule has 3 aromatic carbocycles. The first-order valence-corrected chi connectivity index (χ1v) is 8.60. The summed E-state index contributed by atoms with van der Waals surface area (Å²) in [7, 11) is 2.15. The zero-order valence-corrected chi connectivity index (χ0v) is 13.9. The minimum atomic E-state index is 0.881. The first-order chi connectivity index (χ1) is 11.3. The summed E-state index contributed by atoms with van der Waals surface area (Å²) in [5, 5.41) is 3.78. The van der Waals surface area contributed by atoms with E-state index in [1.54, 1.807) is 11.3 Å². The Morgan fingerprint density at radius 2 is 1.65 bits per heavy atom. The Morgan fingerprint density at radius 3 is 2.52 bits per heavy atom. The van der Waals surface area contributed by atoms with Gasteiger partial charge in [-0.2, -0.15) is 0 Å². The van der Waals surface area contributed by atoms with Crippen molar-refractivity contribution < 1.29 is 0 Å². The van der Waals surface area contributed by atoms with Gasteiger partial charge in [0.15, 0.2) is 0 Å². The normalized spacial score (nSPS) is 11.6. The second kappa shape index (κ2) is 6.11. The Bertz CT molecular complexity index is 925. The monoisotopic (exact) mass is 318 g/mol. The molecule has 0 saturated heterocycles. The number of rotatable bonds is 4. The van der Waals surface area contributed by atoms with E-state index < -0.39 is 0 Å². The van der Waals surface area contributed by atoms with Gasteiger partial charge in [-0.05, 0) is 41.6 Å². The standard InChI is InChI=1S/C20H18N2S/c1-22(14-20-21-18-8-4-5-9-19(18)23-20)13-15-10-11-16-6-2-3-7-17(16)12-15/h2-12H,13-14H2,1H3. The molecule has 3 heteroatoms. The quantitative estimate of drug-likeness (QED) is 0.521. The van der Waals surface area contributed by atoms with Gasteiger partial charge in [0, 0.05) is 6.54 Å². The van der Waals surface area contributed by atoms with Gasteiger partial charge in [0.25, 0.3) is 0 Å². The summed E-state index contributed by atoms with van der Waals surface area (Å²) >= 11 is 1.79. The van der Waals surface area contributed by atoms with Crippen molar-refractivity contribution in [2.75, 3.05) is 7.05 Å². The molecule has 0 radical (unpaired) electrons. The third-order valence-corrected chi connectivity index (χ3v) is 5.03. The lowest BCUT2D eigenvalue weighted by atomic mass is 10.1. The van der Waals surface area contributed by atoms with Gasteiger partial charge < -0.3 is 0 Å². The van der Waals surface area contributed by atoms with E-state index in [9.17, 15) is 0 Å². The average Bonchev–Trinajstić information content (AvgIpc) is 2.96. The van der Waals surface area contributed by atoms with E-state index in [0.29, 0.717) is 0 Å². The van der Waals surface area contributed by atoms with Crippen LogP contribution in [0.3, 0.4) is 0 Å². The highest BCUT2D eigenvalue weighted by Crippen LogP contribution is 2.23. The second-order valence-electron chi connectivity index (χ2n) is 5.93. The number of hydrogen-bond acceptors (Lipinski definition) is 3. The van der Waals surface area contributed by atoms with Crippen LogP contribution >= 0.6 is 11.3 Å². The molecule has 1 aromatic heterocycles. The fourth-order valence-corrected chi connectivity index (χ4v) is 3.97. The predicted octanol–water partition coefficient (Wildman–Crippen LogP) is 5.08. The minimum absolute atomic E-state index is 0.881. The van der Waals surface area contributed by atoms with Crippen LogP contribution in [-0.2, 0) is 13.1 Å². The number of benzene rings is 3. The summed E-state index contributed by atoms with van der Waals surface area (Å²) in [4.78, 5) is 7.04. The molecular formula is C20H18N2S. The van der Waals surface area contributed by atoms with Crippen LogP contribution in [0.1, 0.15) is 10.6 Å². The fraction of sp³-hybridized carbons (Fsp3) is 0.150. The summed E-state index contributed by atoms with van der Waals surface area (Å²) < 4.78 is 1.27. The Labute approximate surface area is 140 Å². The molecule has 114 valence electrons. The van der Waals surface area contributed by atoms with Gasteiger partial charge in [0.05, 0.1) is 16.8 Å². The maximum absolute atomic E-state index is 4.72. The summed E-state index contributed by atoms with van der Waals surface area (Å²) in [5.41, 5.74) is 2.44. The lowest BCUT2D eigenvalue weighted by Gasteiger charge is -2.15. The van der Waals surface area contributed by atoms with E-state index in [2.05, 4.69) is 72.6 Å². The SMILES string of the molecule is CN(Cc1ccc2ccccc2c1)Cc1nc2ccccc2s1. The topological polar surface area (TPSA) is 16.1 Å². The highest BCUT2D eigenvalue weighted by Gasteiger charge is 2.07. The zero-order chi connectivity index (χ0) is 15.6. The zero-order valence-electron chi connectivity index (χ0n) is 13.1. The number of hydrogen-bond donors (Lipinski definition) is 0. The minimum Gasteiger partial charge on any atom is -0.295 e. The Hall–Kier alpha value is -2.23. The molecule has 0 unspecified atom stereocenters. The third-order valence-electron chi connectivity index (χ3n) is 4.01. The number of thiazole rings is 1. The average molecular weight is 318 g/mol. The fourth-order valence-electron chi connectivity index (χ4n) is 2.92. The Balaban J connectivity index is 1.50. The largest absolute Gasteiger partial charge is 0.295 e. The van der Waals surface area contributed by atoms with E-state index in [1.807, 2.05) is 6.07 Å². The summed E-state index contributed by atoms with van der Waals surface area (Å²) in [6.45, 7) is 1.81. The molecule has 0 amide bonds. The van der Waals surface area contributed by atoms with Crippen LogP contribution in [0.15, 0.2) is 66.7 Å². The van der Waals surface area contributed by atoms with Crippen molar-refractivity contribution in [1.82, 2.24) is 9.88 Å². The van der Waals surface area contributed by atoms with Gasteiger partial charge in [0.2, 0.25) is 0 Å². The van der Waals surface area contributed by atoms with Crippen molar-refractivity contribution in [2.24, 2.45) is 0 Å². The molecule has 0 atom stereocenters. The van der Waals surface area contributed by atoms with Crippen LogP contribution in [0, 0.1) is 0 Å². The molecule has 0 aliphatic heterocycles. The van der Waals surface area contributed by atoms with Crippen LogP contribution < -0.4 is 0 Å². The lowest BCUT2D eigenvalue weighted by molar-refractivity contribution is 0.319. The molecule has 0 N–H and O–H groups in total. The molecule has 0 fully saturated rings. The summed E-state index contributed by atoms with van der Waals surface area (Å²) in [5.74, 6) is 0. The van der Waals surface area contributed by atoms with Gasteiger partial charge in [0.1, 0.15) is 5.01 Å². The molecule has 0 bridgehead atoms. The van der Waals surface area contributed by atoms with E-state index in [4.69, 9.17) is 4.98 Å². The molecular weight excluding hydrogens is 300 g/mol. The maximum atomic E-state index is 4.72. The van der Waals surface area contributed by atoms with Gasteiger partial charge >= 0.3 is 0 Å². The highest BCUT2D eigenvalue weighted by molar-refractivity contribution is 7.18. The Morgan fingerprint density at radius 1 is 0.870 bits per heavy atom. The number of para-hydroxylation sites is 1. The first-order valence-electron chi connectivity index (χ1n) is 7.78. The van der Waals surface area contributed by atoms with Gasteiger partial charge in [-0.25, -0.2) is 4.98 Å². The van der Waals surface area contributed by atoms with Crippen LogP contribution in [0.4, 0.5) is 0 Å². The van der Waals surface area contributed by atoms with Gasteiger partial charge in [-0.15, -0.1) is 11.3 Å². The van der Waals surface area contributed by atoms with E-state index >= 15 is 0 Å². The lowest BCUT2D eigenvalue weighted by Crippen LogP contribution is -2.17. The van der Waals surface area contributed by atoms with Crippen molar-refractivity contribution >= 4 is 32.3 Å². The molecule has 0 aliphatic rings. The molecule has 4 aromatic rings. The van der Waals surface area contributed by atoms with Crippen molar-refractivity contribution in [2.45, 2.75) is 13.1 Å². The highest BCUT2D eigenvalue weighted by atomic mass is 32.1. The smallest absolute Gasteiger partial charge is 0.108 e. The Kier molecular flexibility index (Phi) is 3.82. The number of aromatic nitrogens is 1. The molecule has 4 rings (SSSR count). The first kappa shape index (κ1) is 14.4. The van der Waals surface area contributed by atoms with Crippen molar-refractivity contribution in [3.63, 3.8) is 0 Å². The van der Waals surface area contributed by atoms with Crippen molar-refractivity contribution in [3.8, 4) is 0 Å². The maximum Gasteiger partial charge on any atom is 0.108 e. The van der Waals surface area contributed by atoms with E-state index in [0.717, 1.165) is 18.6 Å². The third kappa shape index (κ3) is 3.11. The predicted molar refractivity (Wildman–Crippen MR) is 98.7 cm³/mol. The van der Waals surface area contributed by atoms with Crippen LogP contribution in [-0.4, -0.2) is 16.9 Å². The van der Waals surface area contributed by atoms with E-state index in [1.165, 1.54) is 26.0 Å². The number of fused-ring (bicyclic) bond motifs is 2. The van der Waals surface area contributed by atoms with Gasteiger partial charge in [-0.3, -0.25) is 4.90 Å². The van der Waals surface area contributed by atoms with Crippen LogP contribution in [0.25, 0.3) is 21.0 Å². The molecule has 0 aliphatic carbocycles. The summed E-state index contributed by atoms with van der Waals surface area (Å²) in [6, 6.07) is 23.6. The number of nitrogens with zero attached hydrogens (tertiary/aromatic N) is 2. The molecule has 0 spiro atoms. The van der Waals surface area contributed by atoms with E-state index in [-0.39, 0.29) is 0 Å². The van der Waals surface area contributed by atoms with Gasteiger partial charge in [-0.1, -0.05) is 48.5 Å².